The summed E-state index contributed by atoms with van der Waals surface area (Å²) >= 11 is 0. The van der Waals surface area contributed by atoms with Gasteiger partial charge in [0.15, 0.2) is 0 Å². The van der Waals surface area contributed by atoms with E-state index in [-0.39, 0.29) is 0 Å². The van der Waals surface area contributed by atoms with E-state index in [1.165, 1.54) is 19.5 Å². The number of likely N-dealkylation sites (tertiary alicyclic amines) is 1. The highest BCUT2D eigenvalue weighted by Gasteiger charge is 2.23. The number of anilines is 2. The van der Waals surface area contributed by atoms with Gasteiger partial charge in [-0.1, -0.05) is 6.92 Å². The summed E-state index contributed by atoms with van der Waals surface area (Å²) in [6, 6.07) is 2.67. The SMILES string of the molecule is CCCNc1nc(C)cc(NCC2CCN(C(C)C)C2)n1. The van der Waals surface area contributed by atoms with Crippen LogP contribution in [0.4, 0.5) is 11.8 Å². The summed E-state index contributed by atoms with van der Waals surface area (Å²) in [6.07, 6.45) is 2.35. The molecule has 1 aromatic rings. The second kappa shape index (κ2) is 7.59. The van der Waals surface area contributed by atoms with Gasteiger partial charge >= 0.3 is 0 Å². The summed E-state index contributed by atoms with van der Waals surface area (Å²) < 4.78 is 0. The maximum absolute atomic E-state index is 4.54. The lowest BCUT2D eigenvalue weighted by Gasteiger charge is -2.20. The molecule has 21 heavy (non-hydrogen) atoms. The predicted octanol–water partition coefficient (Wildman–Crippen LogP) is 2.75. The number of hydrogen-bond acceptors (Lipinski definition) is 5. The fourth-order valence-electron chi connectivity index (χ4n) is 2.72. The third-order valence-corrected chi connectivity index (χ3v) is 4.01. The van der Waals surface area contributed by atoms with E-state index in [4.69, 9.17) is 0 Å². The van der Waals surface area contributed by atoms with Gasteiger partial charge in [-0.3, -0.25) is 0 Å². The van der Waals surface area contributed by atoms with Crippen molar-refractivity contribution in [1.82, 2.24) is 14.9 Å². The molecule has 0 radical (unpaired) electrons. The van der Waals surface area contributed by atoms with Crippen molar-refractivity contribution in [3.05, 3.63) is 11.8 Å². The summed E-state index contributed by atoms with van der Waals surface area (Å²) in [7, 11) is 0. The lowest BCUT2D eigenvalue weighted by atomic mass is 10.1. The van der Waals surface area contributed by atoms with Gasteiger partial charge in [0.1, 0.15) is 5.82 Å². The number of nitrogens with one attached hydrogen (secondary N) is 2. The van der Waals surface area contributed by atoms with Crippen LogP contribution in [0.3, 0.4) is 0 Å². The molecule has 1 saturated heterocycles. The zero-order valence-electron chi connectivity index (χ0n) is 13.8. The minimum atomic E-state index is 0.654. The lowest BCUT2D eigenvalue weighted by molar-refractivity contribution is 0.266. The van der Waals surface area contributed by atoms with E-state index >= 15 is 0 Å². The van der Waals surface area contributed by atoms with Gasteiger partial charge < -0.3 is 15.5 Å². The molecular weight excluding hydrogens is 262 g/mol. The monoisotopic (exact) mass is 291 g/mol. The van der Waals surface area contributed by atoms with E-state index in [1.807, 2.05) is 13.0 Å². The van der Waals surface area contributed by atoms with Gasteiger partial charge in [0, 0.05) is 37.4 Å². The molecule has 0 saturated carbocycles. The van der Waals surface area contributed by atoms with Crippen molar-refractivity contribution in [1.29, 1.82) is 0 Å². The average molecular weight is 291 g/mol. The van der Waals surface area contributed by atoms with E-state index in [0.717, 1.165) is 42.9 Å². The van der Waals surface area contributed by atoms with Gasteiger partial charge in [0.05, 0.1) is 0 Å². The fourth-order valence-corrected chi connectivity index (χ4v) is 2.72. The van der Waals surface area contributed by atoms with E-state index < -0.39 is 0 Å². The van der Waals surface area contributed by atoms with Crippen LogP contribution in [0.25, 0.3) is 0 Å². The fraction of sp³-hybridized carbons (Fsp3) is 0.750. The van der Waals surface area contributed by atoms with Crippen LogP contribution in [0, 0.1) is 12.8 Å². The molecule has 0 bridgehead atoms. The number of hydrogen-bond donors (Lipinski definition) is 2. The molecule has 0 aliphatic carbocycles. The largest absolute Gasteiger partial charge is 0.370 e. The predicted molar refractivity (Wildman–Crippen MR) is 88.9 cm³/mol. The summed E-state index contributed by atoms with van der Waals surface area (Å²) in [4.78, 5) is 11.5. The van der Waals surface area contributed by atoms with Crippen LogP contribution in [0.5, 0.6) is 0 Å². The van der Waals surface area contributed by atoms with E-state index in [9.17, 15) is 0 Å². The van der Waals surface area contributed by atoms with Crippen LogP contribution in [0.1, 0.15) is 39.3 Å². The second-order valence-electron chi connectivity index (χ2n) is 6.27. The third kappa shape index (κ3) is 4.84. The topological polar surface area (TPSA) is 53.1 Å². The zero-order valence-corrected chi connectivity index (χ0v) is 13.8. The molecule has 2 heterocycles. The Hall–Kier alpha value is -1.36. The first-order valence-electron chi connectivity index (χ1n) is 8.16. The molecule has 1 aliphatic heterocycles. The highest BCUT2D eigenvalue weighted by Crippen LogP contribution is 2.19. The highest BCUT2D eigenvalue weighted by atomic mass is 15.2. The van der Waals surface area contributed by atoms with Crippen molar-refractivity contribution in [2.45, 2.75) is 46.6 Å². The van der Waals surface area contributed by atoms with Crippen molar-refractivity contribution >= 4 is 11.8 Å². The first-order chi connectivity index (χ1) is 10.1. The van der Waals surface area contributed by atoms with Crippen molar-refractivity contribution in [2.75, 3.05) is 36.8 Å². The minimum absolute atomic E-state index is 0.654. The Morgan fingerprint density at radius 1 is 1.33 bits per heavy atom. The molecule has 2 rings (SSSR count). The van der Waals surface area contributed by atoms with Gasteiger partial charge in [-0.25, -0.2) is 4.98 Å². The minimum Gasteiger partial charge on any atom is -0.370 e. The average Bonchev–Trinajstić information content (AvgIpc) is 2.91. The Morgan fingerprint density at radius 3 is 2.81 bits per heavy atom. The Labute approximate surface area is 128 Å². The van der Waals surface area contributed by atoms with Crippen molar-refractivity contribution in [2.24, 2.45) is 5.92 Å². The molecule has 0 aromatic carbocycles. The van der Waals surface area contributed by atoms with Crippen LogP contribution in [0.2, 0.25) is 0 Å². The van der Waals surface area contributed by atoms with E-state index in [1.54, 1.807) is 0 Å². The van der Waals surface area contributed by atoms with Crippen LogP contribution in [-0.4, -0.2) is 47.1 Å². The normalized spacial score (nSPS) is 19.2. The summed E-state index contributed by atoms with van der Waals surface area (Å²) in [5.41, 5.74) is 1.00. The van der Waals surface area contributed by atoms with Crippen molar-refractivity contribution in [3.8, 4) is 0 Å². The van der Waals surface area contributed by atoms with Crippen LogP contribution in [0.15, 0.2) is 6.07 Å². The molecule has 2 N–H and O–H groups in total. The van der Waals surface area contributed by atoms with Crippen LogP contribution in [-0.2, 0) is 0 Å². The Balaban J connectivity index is 1.87. The van der Waals surface area contributed by atoms with Gasteiger partial charge in [-0.15, -0.1) is 0 Å². The number of aromatic nitrogens is 2. The Bertz CT molecular complexity index is 446. The van der Waals surface area contributed by atoms with Crippen LogP contribution >= 0.6 is 0 Å². The van der Waals surface area contributed by atoms with E-state index in [2.05, 4.69) is 46.3 Å². The summed E-state index contributed by atoms with van der Waals surface area (Å²) in [5.74, 6) is 2.38. The molecule has 1 aliphatic rings. The molecule has 1 atom stereocenters. The maximum Gasteiger partial charge on any atom is 0.224 e. The molecule has 1 aromatic heterocycles. The first-order valence-corrected chi connectivity index (χ1v) is 8.16. The summed E-state index contributed by atoms with van der Waals surface area (Å²) in [6.45, 7) is 13.0. The molecule has 5 nitrogen and oxygen atoms in total. The molecule has 0 amide bonds. The molecule has 1 fully saturated rings. The Kier molecular flexibility index (Phi) is 5.79. The molecule has 1 unspecified atom stereocenters. The molecule has 5 heteroatoms. The number of rotatable bonds is 7. The van der Waals surface area contributed by atoms with Gasteiger partial charge in [0.25, 0.3) is 0 Å². The Morgan fingerprint density at radius 2 is 2.14 bits per heavy atom. The number of nitrogens with zero attached hydrogens (tertiary/aromatic N) is 3. The molecular formula is C16H29N5. The quantitative estimate of drug-likeness (QED) is 0.809. The van der Waals surface area contributed by atoms with Crippen molar-refractivity contribution < 1.29 is 0 Å². The maximum atomic E-state index is 4.54. The summed E-state index contributed by atoms with van der Waals surface area (Å²) in [5, 5.41) is 6.74. The number of aryl methyl sites for hydroxylation is 1. The highest BCUT2D eigenvalue weighted by molar-refractivity contribution is 5.42. The standard InChI is InChI=1S/C16H29N5/c1-5-7-17-16-19-13(4)9-15(20-16)18-10-14-6-8-21(11-14)12(2)3/h9,12,14H,5-8,10-11H2,1-4H3,(H2,17,18,19,20). The first kappa shape index (κ1) is 16.0. The van der Waals surface area contributed by atoms with Gasteiger partial charge in [-0.2, -0.15) is 4.98 Å². The zero-order chi connectivity index (χ0) is 15.2. The molecule has 118 valence electrons. The molecule has 0 spiro atoms. The van der Waals surface area contributed by atoms with Crippen LogP contribution < -0.4 is 10.6 Å². The van der Waals surface area contributed by atoms with Crippen molar-refractivity contribution in [3.63, 3.8) is 0 Å². The third-order valence-electron chi connectivity index (χ3n) is 4.01. The lowest BCUT2D eigenvalue weighted by Crippen LogP contribution is -2.29. The van der Waals surface area contributed by atoms with Gasteiger partial charge in [0.2, 0.25) is 5.95 Å². The van der Waals surface area contributed by atoms with Gasteiger partial charge in [-0.05, 0) is 46.1 Å². The smallest absolute Gasteiger partial charge is 0.224 e. The van der Waals surface area contributed by atoms with E-state index in [0.29, 0.717) is 6.04 Å². The second-order valence-corrected chi connectivity index (χ2v) is 6.27.